The predicted molar refractivity (Wildman–Crippen MR) is 81.8 cm³/mol. The number of anilines is 1. The van der Waals surface area contributed by atoms with Crippen molar-refractivity contribution in [3.05, 3.63) is 53.6 Å². The Kier molecular flexibility index (Phi) is 2.57. The summed E-state index contributed by atoms with van der Waals surface area (Å²) >= 11 is 0. The maximum atomic E-state index is 12.4. The van der Waals surface area contributed by atoms with Crippen LogP contribution in [-0.4, -0.2) is 18.1 Å². The number of carbonyl (C=O) groups is 1. The number of fused-ring (bicyclic) bond motifs is 4. The van der Waals surface area contributed by atoms with Gasteiger partial charge in [0.25, 0.3) is 0 Å². The molecule has 0 radical (unpaired) electrons. The molecule has 4 rings (SSSR count). The summed E-state index contributed by atoms with van der Waals surface area (Å²) < 4.78 is 5.52. The third-order valence-electron chi connectivity index (χ3n) is 3.84. The van der Waals surface area contributed by atoms with Crippen LogP contribution in [0.5, 0.6) is 5.75 Å². The first-order chi connectivity index (χ1) is 10.3. The van der Waals surface area contributed by atoms with E-state index in [1.807, 2.05) is 49.4 Å². The zero-order valence-electron chi connectivity index (χ0n) is 11.6. The third kappa shape index (κ3) is 1.76. The number of ether oxygens (including phenoxy) is 1. The highest BCUT2D eigenvalue weighted by molar-refractivity contribution is 6.52. The lowest BCUT2D eigenvalue weighted by molar-refractivity contribution is 0.106. The van der Waals surface area contributed by atoms with Crippen LogP contribution in [0.15, 0.2) is 47.5 Å². The molecule has 0 saturated carbocycles. The highest BCUT2D eigenvalue weighted by atomic mass is 16.5. The molecule has 2 aliphatic rings. The molecule has 0 bridgehead atoms. The molecule has 104 valence electrons. The molecule has 1 aliphatic heterocycles. The lowest BCUT2D eigenvalue weighted by Crippen LogP contribution is -2.22. The van der Waals surface area contributed by atoms with Gasteiger partial charge in [-0.05, 0) is 24.6 Å². The minimum atomic E-state index is -0.155. The quantitative estimate of drug-likeness (QED) is 0.914. The molecular formula is C17H14N2O2. The van der Waals surface area contributed by atoms with Crippen LogP contribution in [0.3, 0.4) is 0 Å². The number of nitrogens with zero attached hydrogens (tertiary/aromatic N) is 1. The van der Waals surface area contributed by atoms with Crippen LogP contribution in [0.4, 0.5) is 11.4 Å². The number of hydrogen-bond acceptors (Lipinski definition) is 4. The van der Waals surface area contributed by atoms with Gasteiger partial charge in [-0.1, -0.05) is 24.3 Å². The second kappa shape index (κ2) is 4.45. The van der Waals surface area contributed by atoms with E-state index < -0.39 is 0 Å². The summed E-state index contributed by atoms with van der Waals surface area (Å²) in [7, 11) is 0. The normalized spacial score (nSPS) is 18.2. The Bertz CT molecular complexity index is 780. The van der Waals surface area contributed by atoms with Crippen molar-refractivity contribution in [1.29, 1.82) is 0 Å². The molecular weight excluding hydrogens is 264 g/mol. The number of hydrogen-bond donors (Lipinski definition) is 1. The van der Waals surface area contributed by atoms with E-state index in [0.29, 0.717) is 12.3 Å². The largest absolute Gasteiger partial charge is 0.494 e. The first-order valence-corrected chi connectivity index (χ1v) is 7.03. The van der Waals surface area contributed by atoms with Crippen LogP contribution in [0, 0.1) is 0 Å². The smallest absolute Gasteiger partial charge is 0.210 e. The highest BCUT2D eigenvalue weighted by Crippen LogP contribution is 2.41. The molecule has 0 amide bonds. The SMILES string of the molecule is CCOc1ccc2c(c1)NC1C(=N2)C(=O)c2ccccc21. The maximum absolute atomic E-state index is 12.4. The third-order valence-corrected chi connectivity index (χ3v) is 3.84. The maximum Gasteiger partial charge on any atom is 0.210 e. The Hall–Kier alpha value is -2.62. The molecule has 4 nitrogen and oxygen atoms in total. The predicted octanol–water partition coefficient (Wildman–Crippen LogP) is 3.52. The van der Waals surface area contributed by atoms with Crippen molar-refractivity contribution in [3.8, 4) is 5.75 Å². The molecule has 1 atom stereocenters. The molecule has 0 aromatic heterocycles. The molecule has 0 saturated heterocycles. The van der Waals surface area contributed by atoms with E-state index in [2.05, 4.69) is 10.3 Å². The molecule has 21 heavy (non-hydrogen) atoms. The summed E-state index contributed by atoms with van der Waals surface area (Å²) in [5.41, 5.74) is 4.00. The highest BCUT2D eigenvalue weighted by Gasteiger charge is 2.38. The van der Waals surface area contributed by atoms with E-state index in [1.165, 1.54) is 0 Å². The van der Waals surface area contributed by atoms with E-state index in [-0.39, 0.29) is 11.8 Å². The van der Waals surface area contributed by atoms with Crippen LogP contribution in [0.2, 0.25) is 0 Å². The van der Waals surface area contributed by atoms with E-state index >= 15 is 0 Å². The summed E-state index contributed by atoms with van der Waals surface area (Å²) in [5.74, 6) is 0.822. The average Bonchev–Trinajstić information content (AvgIpc) is 2.79. The van der Waals surface area contributed by atoms with Gasteiger partial charge in [0, 0.05) is 11.6 Å². The number of rotatable bonds is 2. The van der Waals surface area contributed by atoms with Crippen molar-refractivity contribution in [2.75, 3.05) is 11.9 Å². The Labute approximate surface area is 122 Å². The fourth-order valence-corrected chi connectivity index (χ4v) is 2.90. The van der Waals surface area contributed by atoms with Crippen LogP contribution in [-0.2, 0) is 0 Å². The van der Waals surface area contributed by atoms with Crippen molar-refractivity contribution < 1.29 is 9.53 Å². The van der Waals surface area contributed by atoms with Crippen molar-refractivity contribution in [2.45, 2.75) is 13.0 Å². The number of ketones is 1. The Morgan fingerprint density at radius 2 is 2.10 bits per heavy atom. The number of benzene rings is 2. The van der Waals surface area contributed by atoms with E-state index in [9.17, 15) is 4.79 Å². The number of carbonyl (C=O) groups excluding carboxylic acids is 1. The average molecular weight is 278 g/mol. The van der Waals surface area contributed by atoms with Gasteiger partial charge in [-0.15, -0.1) is 0 Å². The zero-order valence-corrected chi connectivity index (χ0v) is 11.6. The fourth-order valence-electron chi connectivity index (χ4n) is 2.90. The Morgan fingerprint density at radius 3 is 2.95 bits per heavy atom. The van der Waals surface area contributed by atoms with Crippen LogP contribution in [0.25, 0.3) is 0 Å². The van der Waals surface area contributed by atoms with E-state index in [4.69, 9.17) is 4.74 Å². The zero-order chi connectivity index (χ0) is 14.4. The lowest BCUT2D eigenvalue weighted by atomic mass is 10.1. The standard InChI is InChI=1S/C17H14N2O2/c1-2-21-10-7-8-13-14(9-10)19-15-11-5-3-4-6-12(11)17(20)16(15)18-13/h3-9,15,19H,2H2,1H3. The topological polar surface area (TPSA) is 50.7 Å². The first kappa shape index (κ1) is 12.1. The van der Waals surface area contributed by atoms with Crippen LogP contribution >= 0.6 is 0 Å². The first-order valence-electron chi connectivity index (χ1n) is 7.03. The van der Waals surface area contributed by atoms with Crippen molar-refractivity contribution >= 4 is 22.9 Å². The number of Topliss-reactive ketones (excluding diaryl/α,β-unsaturated/α-hetero) is 1. The number of aliphatic imine (C=N–C) groups is 1. The van der Waals surface area contributed by atoms with Gasteiger partial charge in [-0.3, -0.25) is 4.79 Å². The minimum Gasteiger partial charge on any atom is -0.494 e. The monoisotopic (exact) mass is 278 g/mol. The fraction of sp³-hybridized carbons (Fsp3) is 0.176. The Morgan fingerprint density at radius 1 is 1.24 bits per heavy atom. The van der Waals surface area contributed by atoms with Gasteiger partial charge in [0.15, 0.2) is 0 Å². The molecule has 1 N–H and O–H groups in total. The van der Waals surface area contributed by atoms with Gasteiger partial charge >= 0.3 is 0 Å². The molecule has 0 spiro atoms. The van der Waals surface area contributed by atoms with Gasteiger partial charge in [0.05, 0.1) is 24.0 Å². The summed E-state index contributed by atoms with van der Waals surface area (Å²) in [5, 5.41) is 3.41. The molecule has 1 unspecified atom stereocenters. The molecule has 1 heterocycles. The molecule has 0 fully saturated rings. The second-order valence-electron chi connectivity index (χ2n) is 5.10. The van der Waals surface area contributed by atoms with Crippen molar-refractivity contribution in [1.82, 2.24) is 0 Å². The van der Waals surface area contributed by atoms with Gasteiger partial charge in [0.1, 0.15) is 11.5 Å². The van der Waals surface area contributed by atoms with Gasteiger partial charge in [0.2, 0.25) is 5.78 Å². The number of nitrogens with one attached hydrogen (secondary N) is 1. The molecule has 1 aliphatic carbocycles. The van der Waals surface area contributed by atoms with Crippen molar-refractivity contribution in [2.24, 2.45) is 4.99 Å². The lowest BCUT2D eigenvalue weighted by Gasteiger charge is -2.22. The van der Waals surface area contributed by atoms with Crippen LogP contribution in [0.1, 0.15) is 28.9 Å². The van der Waals surface area contributed by atoms with Crippen LogP contribution < -0.4 is 10.1 Å². The molecule has 2 aromatic carbocycles. The van der Waals surface area contributed by atoms with Gasteiger partial charge in [-0.25, -0.2) is 4.99 Å². The summed E-state index contributed by atoms with van der Waals surface area (Å²) in [6.45, 7) is 2.58. The van der Waals surface area contributed by atoms with E-state index in [1.54, 1.807) is 0 Å². The Balaban J connectivity index is 1.81. The molecule has 2 aromatic rings. The second-order valence-corrected chi connectivity index (χ2v) is 5.10. The van der Waals surface area contributed by atoms with Gasteiger partial charge < -0.3 is 10.1 Å². The van der Waals surface area contributed by atoms with Gasteiger partial charge in [-0.2, -0.15) is 0 Å². The molecule has 4 heteroatoms. The minimum absolute atomic E-state index is 0.0163. The summed E-state index contributed by atoms with van der Waals surface area (Å²) in [4.78, 5) is 17.0. The van der Waals surface area contributed by atoms with Crippen molar-refractivity contribution in [3.63, 3.8) is 0 Å². The van der Waals surface area contributed by atoms with E-state index in [0.717, 1.165) is 28.3 Å². The summed E-state index contributed by atoms with van der Waals surface area (Å²) in [6.07, 6.45) is 0. The summed E-state index contributed by atoms with van der Waals surface area (Å²) in [6, 6.07) is 13.2.